The maximum absolute atomic E-state index is 13.4. The molecular formula is C28H45ClN4O4. The van der Waals surface area contributed by atoms with Gasteiger partial charge in [0.1, 0.15) is 0 Å². The number of ether oxygens (including phenoxy) is 2. The summed E-state index contributed by atoms with van der Waals surface area (Å²) in [6, 6.07) is 7.84. The van der Waals surface area contributed by atoms with Gasteiger partial charge < -0.3 is 30.3 Å². The van der Waals surface area contributed by atoms with E-state index in [4.69, 9.17) is 16.3 Å². The molecule has 37 heavy (non-hydrogen) atoms. The quantitative estimate of drug-likeness (QED) is 0.269. The molecule has 9 heteroatoms. The number of nitrogens with one attached hydrogen (secondary N) is 3. The van der Waals surface area contributed by atoms with Gasteiger partial charge in [-0.05, 0) is 49.9 Å². The molecule has 0 radical (unpaired) electrons. The molecular weight excluding hydrogens is 492 g/mol. The number of piperidine rings is 1. The minimum Gasteiger partial charge on any atom is -0.453 e. The summed E-state index contributed by atoms with van der Waals surface area (Å²) in [4.78, 5) is 26.7. The summed E-state index contributed by atoms with van der Waals surface area (Å²) in [5.41, 5.74) is 0.985. The topological polar surface area (TPSA) is 91.9 Å². The molecule has 208 valence electrons. The van der Waals surface area contributed by atoms with Crippen LogP contribution in [0.2, 0.25) is 5.02 Å². The molecule has 3 atom stereocenters. The fourth-order valence-electron chi connectivity index (χ4n) is 5.75. The Bertz CT molecular complexity index is 834. The van der Waals surface area contributed by atoms with Crippen molar-refractivity contribution >= 4 is 23.7 Å². The van der Waals surface area contributed by atoms with Crippen LogP contribution in [0.1, 0.15) is 69.5 Å². The Morgan fingerprint density at radius 1 is 1.14 bits per heavy atom. The van der Waals surface area contributed by atoms with E-state index in [0.717, 1.165) is 37.9 Å². The lowest BCUT2D eigenvalue weighted by atomic mass is 9.88. The summed E-state index contributed by atoms with van der Waals surface area (Å²) < 4.78 is 10.9. The summed E-state index contributed by atoms with van der Waals surface area (Å²) in [6.07, 6.45) is 10.0. The second-order valence-electron chi connectivity index (χ2n) is 10.4. The van der Waals surface area contributed by atoms with Gasteiger partial charge in [-0.1, -0.05) is 62.3 Å². The predicted octanol–water partition coefficient (Wildman–Crippen LogP) is 5.12. The highest BCUT2D eigenvalue weighted by Crippen LogP contribution is 2.34. The monoisotopic (exact) mass is 536 g/mol. The molecule has 0 unspecified atom stereocenters. The number of hydrogen-bond donors (Lipinski definition) is 3. The zero-order valence-electron chi connectivity index (χ0n) is 22.5. The predicted molar refractivity (Wildman–Crippen MR) is 147 cm³/mol. The largest absolute Gasteiger partial charge is 0.453 e. The van der Waals surface area contributed by atoms with Crippen LogP contribution >= 0.6 is 11.6 Å². The Balaban J connectivity index is 1.62. The molecule has 8 nitrogen and oxygen atoms in total. The molecule has 0 bridgehead atoms. The normalized spacial score (nSPS) is 20.5. The Hall–Kier alpha value is -2.03. The lowest BCUT2D eigenvalue weighted by Gasteiger charge is -2.38. The number of carbonyl (C=O) groups excluding carboxylic acids is 2. The van der Waals surface area contributed by atoms with E-state index >= 15 is 0 Å². The molecule has 3 rings (SSSR count). The number of likely N-dealkylation sites (tertiary alicyclic amines) is 1. The van der Waals surface area contributed by atoms with Crippen LogP contribution in [-0.4, -0.2) is 70.0 Å². The highest BCUT2D eigenvalue weighted by molar-refractivity contribution is 6.30. The summed E-state index contributed by atoms with van der Waals surface area (Å²) >= 11 is 6.30. The average Bonchev–Trinajstić information content (AvgIpc) is 3.17. The lowest BCUT2D eigenvalue weighted by Crippen LogP contribution is -2.51. The maximum Gasteiger partial charge on any atom is 0.406 e. The van der Waals surface area contributed by atoms with Crippen LogP contribution in [-0.2, 0) is 9.47 Å². The SMILES string of the molecule is CNC[C@H](CC1CCCCCC1)NC(=O)N1CCC[C@@H]([C@@H](OCCNC(=O)OC)c2cccc(Cl)c2)C1. The summed E-state index contributed by atoms with van der Waals surface area (Å²) in [5.74, 6) is 0.815. The molecule has 1 saturated heterocycles. The third kappa shape index (κ3) is 9.98. The number of amides is 3. The van der Waals surface area contributed by atoms with Gasteiger partial charge in [-0.15, -0.1) is 0 Å². The zero-order chi connectivity index (χ0) is 26.5. The average molecular weight is 537 g/mol. The van der Waals surface area contributed by atoms with E-state index < -0.39 is 6.09 Å². The number of urea groups is 1. The molecule has 1 aromatic carbocycles. The van der Waals surface area contributed by atoms with Crippen LogP contribution in [0.3, 0.4) is 0 Å². The summed E-state index contributed by atoms with van der Waals surface area (Å²) in [5, 5.41) is 9.92. The van der Waals surface area contributed by atoms with Crippen molar-refractivity contribution in [1.29, 1.82) is 0 Å². The van der Waals surface area contributed by atoms with E-state index in [1.807, 2.05) is 36.2 Å². The maximum atomic E-state index is 13.4. The van der Waals surface area contributed by atoms with Gasteiger partial charge in [0.05, 0.1) is 19.8 Å². The number of carbonyl (C=O) groups is 2. The highest BCUT2D eigenvalue weighted by atomic mass is 35.5. The first kappa shape index (κ1) is 29.5. The molecule has 1 heterocycles. The number of nitrogens with zero attached hydrogens (tertiary/aromatic N) is 1. The first-order valence-electron chi connectivity index (χ1n) is 13.9. The molecule has 2 fully saturated rings. The van der Waals surface area contributed by atoms with E-state index in [-0.39, 0.29) is 24.1 Å². The van der Waals surface area contributed by atoms with Crippen molar-refractivity contribution in [2.45, 2.75) is 69.9 Å². The van der Waals surface area contributed by atoms with Crippen molar-refractivity contribution in [3.8, 4) is 0 Å². The van der Waals surface area contributed by atoms with E-state index in [0.29, 0.717) is 30.6 Å². The van der Waals surface area contributed by atoms with Gasteiger partial charge in [-0.3, -0.25) is 0 Å². The molecule has 0 spiro atoms. The van der Waals surface area contributed by atoms with Crippen molar-refractivity contribution < 1.29 is 19.1 Å². The number of alkyl carbamates (subject to hydrolysis) is 1. The van der Waals surface area contributed by atoms with Crippen LogP contribution in [0, 0.1) is 11.8 Å². The van der Waals surface area contributed by atoms with E-state index in [1.54, 1.807) is 0 Å². The van der Waals surface area contributed by atoms with Crippen LogP contribution in [0.5, 0.6) is 0 Å². The van der Waals surface area contributed by atoms with Gasteiger partial charge in [0.2, 0.25) is 0 Å². The molecule has 1 aliphatic carbocycles. The second-order valence-corrected chi connectivity index (χ2v) is 10.8. The van der Waals surface area contributed by atoms with Gasteiger partial charge in [-0.2, -0.15) is 0 Å². The first-order valence-corrected chi connectivity index (χ1v) is 14.3. The van der Waals surface area contributed by atoms with Gasteiger partial charge in [0.15, 0.2) is 0 Å². The van der Waals surface area contributed by atoms with Crippen molar-refractivity contribution in [3.63, 3.8) is 0 Å². The molecule has 1 aromatic rings. The second kappa shape index (κ2) is 16.0. The Morgan fingerprint density at radius 3 is 2.62 bits per heavy atom. The Labute approximate surface area is 227 Å². The summed E-state index contributed by atoms with van der Waals surface area (Å²) in [6.45, 7) is 2.81. The van der Waals surface area contributed by atoms with Crippen molar-refractivity contribution in [3.05, 3.63) is 34.9 Å². The minimum atomic E-state index is -0.483. The molecule has 3 amide bonds. The highest BCUT2D eigenvalue weighted by Gasteiger charge is 2.32. The molecule has 2 aliphatic rings. The number of likely N-dealkylation sites (N-methyl/N-ethyl adjacent to an activating group) is 1. The van der Waals surface area contributed by atoms with Crippen molar-refractivity contribution in [1.82, 2.24) is 20.9 Å². The van der Waals surface area contributed by atoms with Gasteiger partial charge >= 0.3 is 12.1 Å². The number of halogens is 1. The van der Waals surface area contributed by atoms with E-state index in [1.165, 1.54) is 45.6 Å². The fourth-order valence-corrected chi connectivity index (χ4v) is 5.95. The van der Waals surface area contributed by atoms with Crippen LogP contribution in [0.15, 0.2) is 24.3 Å². The fraction of sp³-hybridized carbons (Fsp3) is 0.714. The zero-order valence-corrected chi connectivity index (χ0v) is 23.2. The number of methoxy groups -OCH3 is 1. The van der Waals surface area contributed by atoms with Crippen molar-refractivity contribution in [2.75, 3.05) is 46.9 Å². The van der Waals surface area contributed by atoms with Gasteiger partial charge in [-0.25, -0.2) is 9.59 Å². The van der Waals surface area contributed by atoms with E-state index in [9.17, 15) is 9.59 Å². The Morgan fingerprint density at radius 2 is 1.92 bits per heavy atom. The van der Waals surface area contributed by atoms with Gasteiger partial charge in [0, 0.05) is 43.2 Å². The van der Waals surface area contributed by atoms with Crippen LogP contribution < -0.4 is 16.0 Å². The smallest absolute Gasteiger partial charge is 0.406 e. The Kier molecular flexibility index (Phi) is 12.8. The minimum absolute atomic E-state index is 0.00998. The van der Waals surface area contributed by atoms with Gasteiger partial charge in [0.25, 0.3) is 0 Å². The standard InChI is InChI=1S/C28H45ClN4O4/c1-30-19-25(17-21-9-5-3-4-6-10-21)32-27(34)33-15-8-12-23(20-33)26(22-11-7-13-24(29)18-22)37-16-14-31-28(35)36-2/h7,11,13,18,21,23,25-26,30H,3-6,8-10,12,14-17,19-20H2,1-2H3,(H,31,35)(H,32,34)/t23-,25+,26+/m1/s1. The number of hydrogen-bond acceptors (Lipinski definition) is 5. The lowest BCUT2D eigenvalue weighted by molar-refractivity contribution is -0.00864. The molecule has 1 saturated carbocycles. The summed E-state index contributed by atoms with van der Waals surface area (Å²) in [7, 11) is 3.29. The number of benzene rings is 1. The molecule has 3 N–H and O–H groups in total. The van der Waals surface area contributed by atoms with Crippen molar-refractivity contribution in [2.24, 2.45) is 11.8 Å². The first-order chi connectivity index (χ1) is 18.0. The molecule has 0 aromatic heterocycles. The third-order valence-corrected chi connectivity index (χ3v) is 7.81. The number of rotatable bonds is 11. The van der Waals surface area contributed by atoms with Crippen LogP contribution in [0.4, 0.5) is 9.59 Å². The van der Waals surface area contributed by atoms with E-state index in [2.05, 4.69) is 20.7 Å². The molecule has 1 aliphatic heterocycles. The third-order valence-electron chi connectivity index (χ3n) is 7.58. The van der Waals surface area contributed by atoms with Crippen LogP contribution in [0.25, 0.3) is 0 Å².